The van der Waals surface area contributed by atoms with Gasteiger partial charge in [0.1, 0.15) is 17.5 Å². The van der Waals surface area contributed by atoms with Crippen LogP contribution >= 0.6 is 27.0 Å². The molecule has 2 atom stereocenters. The summed E-state index contributed by atoms with van der Waals surface area (Å²) < 4.78 is 29.7. The normalized spacial score (nSPS) is 16.2. The molecule has 39 heavy (non-hydrogen) atoms. The molecule has 4 aromatic rings. The van der Waals surface area contributed by atoms with E-state index in [0.717, 1.165) is 22.5 Å². The summed E-state index contributed by atoms with van der Waals surface area (Å²) in [7, 11) is 0. The number of aromatic nitrogens is 2. The van der Waals surface area contributed by atoms with E-state index in [0.29, 0.717) is 17.9 Å². The zero-order valence-corrected chi connectivity index (χ0v) is 23.9. The van der Waals surface area contributed by atoms with Crippen LogP contribution in [0.25, 0.3) is 5.69 Å². The van der Waals surface area contributed by atoms with Crippen LogP contribution in [0.4, 0.5) is 14.6 Å². The molecule has 0 spiro atoms. The van der Waals surface area contributed by atoms with E-state index < -0.39 is 17.7 Å². The second-order valence-corrected chi connectivity index (χ2v) is 9.43. The van der Waals surface area contributed by atoms with Crippen molar-refractivity contribution in [3.8, 4) is 5.69 Å². The number of benzene rings is 3. The molecule has 5 rings (SSSR count). The average molecular weight is 568 g/mol. The number of fused-ring (bicyclic) bond motifs is 1. The highest BCUT2D eigenvalue weighted by atomic mass is 32.1. The number of nitrogens with zero attached hydrogens (tertiary/aromatic N) is 3. The SMILES string of the molecule is CCN1C(=O)[C@@H](CC(=O)c2cc(C)cc(F)c2)[C@@H](c2ccc(F)cc2)c2c(C)nn(-c3ccccc3)c21.S.S. The molecule has 5 nitrogen and oxygen atoms in total. The topological polar surface area (TPSA) is 55.2 Å². The molecule has 0 aliphatic carbocycles. The molecule has 9 heteroatoms. The predicted molar refractivity (Wildman–Crippen MR) is 159 cm³/mol. The monoisotopic (exact) mass is 567 g/mol. The van der Waals surface area contributed by atoms with Gasteiger partial charge in [-0.2, -0.15) is 32.1 Å². The van der Waals surface area contributed by atoms with Crippen molar-refractivity contribution in [2.45, 2.75) is 33.1 Å². The molecule has 204 valence electrons. The lowest BCUT2D eigenvalue weighted by Crippen LogP contribution is -2.45. The number of para-hydroxylation sites is 1. The molecule has 0 saturated carbocycles. The van der Waals surface area contributed by atoms with E-state index in [1.807, 2.05) is 44.2 Å². The third-order valence-electron chi connectivity index (χ3n) is 6.95. The first-order chi connectivity index (χ1) is 17.8. The number of aryl methyl sites for hydroxylation is 2. The van der Waals surface area contributed by atoms with Gasteiger partial charge in [-0.15, -0.1) is 0 Å². The van der Waals surface area contributed by atoms with Crippen molar-refractivity contribution >= 4 is 44.5 Å². The Balaban J connectivity index is 0.00000210. The molecule has 1 aliphatic rings. The van der Waals surface area contributed by atoms with Crippen molar-refractivity contribution in [2.24, 2.45) is 5.92 Å². The minimum atomic E-state index is -0.763. The maximum absolute atomic E-state index is 14.1. The number of carbonyl (C=O) groups excluding carboxylic acids is 2. The molecule has 0 saturated heterocycles. The Morgan fingerprint density at radius 3 is 2.21 bits per heavy atom. The smallest absolute Gasteiger partial charge is 0.232 e. The second-order valence-electron chi connectivity index (χ2n) is 9.43. The van der Waals surface area contributed by atoms with E-state index >= 15 is 0 Å². The molecule has 0 fully saturated rings. The van der Waals surface area contributed by atoms with Crippen LogP contribution in [0.1, 0.15) is 52.0 Å². The van der Waals surface area contributed by atoms with Crippen LogP contribution in [0, 0.1) is 31.4 Å². The van der Waals surface area contributed by atoms with Crippen LogP contribution in [0.2, 0.25) is 0 Å². The Morgan fingerprint density at radius 2 is 1.59 bits per heavy atom. The molecule has 0 unspecified atom stereocenters. The van der Waals surface area contributed by atoms with Gasteiger partial charge in [-0.05, 0) is 74.4 Å². The van der Waals surface area contributed by atoms with Crippen molar-refractivity contribution in [1.29, 1.82) is 0 Å². The van der Waals surface area contributed by atoms with Gasteiger partial charge in [-0.25, -0.2) is 13.5 Å². The van der Waals surface area contributed by atoms with Gasteiger partial charge in [0.25, 0.3) is 0 Å². The number of Topliss-reactive ketones (excluding diaryl/α,β-unsaturated/α-hetero) is 1. The van der Waals surface area contributed by atoms with Gasteiger partial charge < -0.3 is 0 Å². The highest BCUT2D eigenvalue weighted by Crippen LogP contribution is 2.47. The summed E-state index contributed by atoms with van der Waals surface area (Å²) in [5, 5.41) is 4.80. The van der Waals surface area contributed by atoms with Crippen LogP contribution in [-0.2, 0) is 4.79 Å². The highest BCUT2D eigenvalue weighted by Gasteiger charge is 2.45. The first-order valence-corrected chi connectivity index (χ1v) is 12.3. The Labute approximate surface area is 240 Å². The second kappa shape index (κ2) is 12.2. The van der Waals surface area contributed by atoms with Crippen LogP contribution in [0.15, 0.2) is 72.8 Å². The van der Waals surface area contributed by atoms with Crippen LogP contribution in [-0.4, -0.2) is 28.0 Å². The fourth-order valence-corrected chi connectivity index (χ4v) is 5.34. The lowest BCUT2D eigenvalue weighted by atomic mass is 9.74. The lowest BCUT2D eigenvalue weighted by molar-refractivity contribution is -0.123. The fraction of sp³-hybridized carbons (Fsp3) is 0.233. The van der Waals surface area contributed by atoms with E-state index in [-0.39, 0.29) is 56.5 Å². The molecule has 2 heterocycles. The van der Waals surface area contributed by atoms with Crippen LogP contribution < -0.4 is 4.90 Å². The maximum atomic E-state index is 14.1. The largest absolute Gasteiger partial charge is 0.296 e. The minimum Gasteiger partial charge on any atom is -0.296 e. The first-order valence-electron chi connectivity index (χ1n) is 12.3. The molecule has 0 radical (unpaired) electrons. The van der Waals surface area contributed by atoms with Crippen molar-refractivity contribution in [1.82, 2.24) is 9.78 Å². The lowest BCUT2D eigenvalue weighted by Gasteiger charge is -2.38. The van der Waals surface area contributed by atoms with E-state index in [2.05, 4.69) is 0 Å². The zero-order chi connectivity index (χ0) is 26.3. The maximum Gasteiger partial charge on any atom is 0.232 e. The van der Waals surface area contributed by atoms with Crippen molar-refractivity contribution in [2.75, 3.05) is 11.4 Å². The summed E-state index contributed by atoms with van der Waals surface area (Å²) in [6.45, 7) is 5.86. The first kappa shape index (κ1) is 30.1. The van der Waals surface area contributed by atoms with Crippen molar-refractivity contribution in [3.63, 3.8) is 0 Å². The number of amides is 1. The number of halogens is 2. The third kappa shape index (κ3) is 5.65. The zero-order valence-electron chi connectivity index (χ0n) is 21.9. The van der Waals surface area contributed by atoms with Gasteiger partial charge in [0.05, 0.1) is 17.3 Å². The average Bonchev–Trinajstić information content (AvgIpc) is 3.21. The standard InChI is InChI=1S/C30H27F2N3O2.2H2S/c1-4-34-29-27(19(3)33-35(29)24-8-6-5-7-9-24)28(20-10-12-22(31)13-11-20)25(30(34)37)17-26(36)21-14-18(2)15-23(32)16-21;;/h5-16,25,28H,4,17H2,1-3H3;2*1H2/t25-,28+;;/m0../s1. The quantitative estimate of drug-likeness (QED) is 0.254. The molecule has 1 aromatic heterocycles. The molecule has 3 aromatic carbocycles. The molecular formula is C30H31F2N3O2S2. The van der Waals surface area contributed by atoms with Gasteiger partial charge in [-0.1, -0.05) is 30.3 Å². The van der Waals surface area contributed by atoms with Crippen molar-refractivity contribution < 1.29 is 18.4 Å². The van der Waals surface area contributed by atoms with E-state index in [1.165, 1.54) is 24.3 Å². The summed E-state index contributed by atoms with van der Waals surface area (Å²) in [5.41, 5.74) is 3.93. The summed E-state index contributed by atoms with van der Waals surface area (Å²) in [5.74, 6) is -2.06. The van der Waals surface area contributed by atoms with Gasteiger partial charge in [0.15, 0.2) is 5.78 Å². The Kier molecular flexibility index (Phi) is 9.40. The number of rotatable bonds is 6. The molecule has 1 amide bonds. The third-order valence-corrected chi connectivity index (χ3v) is 6.95. The van der Waals surface area contributed by atoms with Gasteiger partial charge in [0.2, 0.25) is 5.91 Å². The molecule has 0 N–H and O–H groups in total. The van der Waals surface area contributed by atoms with Crippen LogP contribution in [0.5, 0.6) is 0 Å². The Morgan fingerprint density at radius 1 is 0.923 bits per heavy atom. The van der Waals surface area contributed by atoms with Gasteiger partial charge in [-0.3, -0.25) is 14.5 Å². The number of anilines is 1. The van der Waals surface area contributed by atoms with Crippen molar-refractivity contribution in [3.05, 3.63) is 112 Å². The Hall–Kier alpha value is -3.43. The van der Waals surface area contributed by atoms with Gasteiger partial charge in [0, 0.05) is 30.0 Å². The summed E-state index contributed by atoms with van der Waals surface area (Å²) in [6.07, 6.45) is -0.115. The predicted octanol–water partition coefficient (Wildman–Crippen LogP) is 6.38. The van der Waals surface area contributed by atoms with E-state index in [4.69, 9.17) is 5.10 Å². The fourth-order valence-electron chi connectivity index (χ4n) is 5.34. The summed E-state index contributed by atoms with van der Waals surface area (Å²) in [4.78, 5) is 29.1. The number of carbonyl (C=O) groups is 2. The summed E-state index contributed by atoms with van der Waals surface area (Å²) >= 11 is 0. The number of hydrogen-bond acceptors (Lipinski definition) is 3. The van der Waals surface area contributed by atoms with Gasteiger partial charge >= 0.3 is 0 Å². The Bertz CT molecular complexity index is 1470. The molecular weight excluding hydrogens is 536 g/mol. The number of ketones is 1. The van der Waals surface area contributed by atoms with E-state index in [1.54, 1.807) is 34.7 Å². The molecule has 0 bridgehead atoms. The summed E-state index contributed by atoms with van der Waals surface area (Å²) in [6, 6.07) is 19.8. The molecule has 1 aliphatic heterocycles. The van der Waals surface area contributed by atoms with E-state index in [9.17, 15) is 18.4 Å². The minimum absolute atomic E-state index is 0. The van der Waals surface area contributed by atoms with Crippen LogP contribution in [0.3, 0.4) is 0 Å². The number of hydrogen-bond donors (Lipinski definition) is 0. The highest BCUT2D eigenvalue weighted by molar-refractivity contribution is 7.59.